The molecule has 0 spiro atoms. The normalized spacial score (nSPS) is 10.8. The number of esters is 1. The number of nitrogens with zero attached hydrogens (tertiary/aromatic N) is 2. The van der Waals surface area contributed by atoms with Gasteiger partial charge in [0.1, 0.15) is 5.75 Å². The van der Waals surface area contributed by atoms with Gasteiger partial charge in [-0.2, -0.15) is 0 Å². The number of hydrogen-bond acceptors (Lipinski definition) is 5. The molecular formula is C28H42N2O3. The van der Waals surface area contributed by atoms with Crippen LogP contribution in [0, 0.1) is 0 Å². The second-order valence-electron chi connectivity index (χ2n) is 8.73. The number of carbonyl (C=O) groups excluding carboxylic acids is 1. The Kier molecular flexibility index (Phi) is 13.9. The van der Waals surface area contributed by atoms with Crippen LogP contribution in [0.5, 0.6) is 11.5 Å². The molecule has 0 aliphatic carbocycles. The van der Waals surface area contributed by atoms with E-state index in [9.17, 15) is 4.79 Å². The minimum Gasteiger partial charge on any atom is -0.494 e. The second-order valence-corrected chi connectivity index (χ2v) is 8.73. The Morgan fingerprint density at radius 3 is 1.85 bits per heavy atom. The lowest BCUT2D eigenvalue weighted by Gasteiger charge is -2.07. The molecule has 0 N–H and O–H groups in total. The van der Waals surface area contributed by atoms with Crippen molar-refractivity contribution >= 4 is 5.97 Å². The summed E-state index contributed by atoms with van der Waals surface area (Å²) in [7, 11) is 0. The van der Waals surface area contributed by atoms with Gasteiger partial charge in [0.25, 0.3) is 0 Å². The lowest BCUT2D eigenvalue weighted by atomic mass is 10.1. The quantitative estimate of drug-likeness (QED) is 0.169. The van der Waals surface area contributed by atoms with Crippen LogP contribution in [-0.2, 0) is 4.79 Å². The molecule has 0 saturated heterocycles. The zero-order valence-electron chi connectivity index (χ0n) is 20.7. The SMILES string of the molecule is CCCCCCCCCCC(=O)Oc1cnc(-c2ccc(OCCCCCCC)cc2)nc1. The van der Waals surface area contributed by atoms with Crippen molar-refractivity contribution in [2.24, 2.45) is 0 Å². The summed E-state index contributed by atoms with van der Waals surface area (Å²) in [4.78, 5) is 20.8. The number of unbranched alkanes of at least 4 members (excludes halogenated alkanes) is 11. The molecule has 1 heterocycles. The van der Waals surface area contributed by atoms with Gasteiger partial charge in [-0.15, -0.1) is 0 Å². The Labute approximate surface area is 200 Å². The van der Waals surface area contributed by atoms with Gasteiger partial charge in [-0.25, -0.2) is 9.97 Å². The van der Waals surface area contributed by atoms with E-state index in [1.54, 1.807) is 12.4 Å². The fourth-order valence-corrected chi connectivity index (χ4v) is 3.70. The number of benzene rings is 1. The van der Waals surface area contributed by atoms with Gasteiger partial charge in [-0.05, 0) is 37.1 Å². The zero-order valence-corrected chi connectivity index (χ0v) is 20.7. The van der Waals surface area contributed by atoms with Gasteiger partial charge in [-0.3, -0.25) is 4.79 Å². The first-order valence-electron chi connectivity index (χ1n) is 13.0. The van der Waals surface area contributed by atoms with Crippen LogP contribution in [-0.4, -0.2) is 22.5 Å². The molecule has 0 unspecified atom stereocenters. The number of rotatable bonds is 18. The summed E-state index contributed by atoms with van der Waals surface area (Å²) in [6, 6.07) is 7.80. The van der Waals surface area contributed by atoms with E-state index in [-0.39, 0.29) is 5.97 Å². The molecule has 2 rings (SSSR count). The maximum Gasteiger partial charge on any atom is 0.311 e. The summed E-state index contributed by atoms with van der Waals surface area (Å²) in [6.45, 7) is 5.20. The smallest absolute Gasteiger partial charge is 0.311 e. The van der Waals surface area contributed by atoms with E-state index in [0.717, 1.165) is 37.2 Å². The minimum absolute atomic E-state index is 0.214. The predicted octanol–water partition coefficient (Wildman–Crippen LogP) is 7.93. The van der Waals surface area contributed by atoms with Gasteiger partial charge in [0, 0.05) is 12.0 Å². The topological polar surface area (TPSA) is 61.3 Å². The van der Waals surface area contributed by atoms with E-state index in [1.807, 2.05) is 24.3 Å². The highest BCUT2D eigenvalue weighted by atomic mass is 16.5. The van der Waals surface area contributed by atoms with Crippen molar-refractivity contribution in [1.82, 2.24) is 9.97 Å². The molecule has 0 atom stereocenters. The predicted molar refractivity (Wildman–Crippen MR) is 135 cm³/mol. The first-order chi connectivity index (χ1) is 16.2. The van der Waals surface area contributed by atoms with Crippen LogP contribution < -0.4 is 9.47 Å². The van der Waals surface area contributed by atoms with Gasteiger partial charge in [0.15, 0.2) is 11.6 Å². The maximum absolute atomic E-state index is 12.0. The van der Waals surface area contributed by atoms with Crippen LogP contribution >= 0.6 is 0 Å². The summed E-state index contributed by atoms with van der Waals surface area (Å²) in [5.41, 5.74) is 0.905. The molecule has 33 heavy (non-hydrogen) atoms. The molecule has 0 saturated carbocycles. The Morgan fingerprint density at radius 2 is 1.24 bits per heavy atom. The Balaban J connectivity index is 1.65. The summed E-state index contributed by atoms with van der Waals surface area (Å²) in [6.07, 6.45) is 19.3. The first-order valence-corrected chi connectivity index (χ1v) is 13.0. The second kappa shape index (κ2) is 17.1. The van der Waals surface area contributed by atoms with Gasteiger partial charge >= 0.3 is 5.97 Å². The summed E-state index contributed by atoms with van der Waals surface area (Å²) < 4.78 is 11.2. The third-order valence-electron chi connectivity index (χ3n) is 5.72. The lowest BCUT2D eigenvalue weighted by molar-refractivity contribution is -0.134. The molecular weight excluding hydrogens is 412 g/mol. The number of aromatic nitrogens is 2. The highest BCUT2D eigenvalue weighted by Gasteiger charge is 2.07. The maximum atomic E-state index is 12.0. The van der Waals surface area contributed by atoms with Crippen LogP contribution in [0.1, 0.15) is 104 Å². The van der Waals surface area contributed by atoms with Crippen LogP contribution in [0.25, 0.3) is 11.4 Å². The summed E-state index contributed by atoms with van der Waals surface area (Å²) >= 11 is 0. The highest BCUT2D eigenvalue weighted by Crippen LogP contribution is 2.21. The van der Waals surface area contributed by atoms with Crippen LogP contribution in [0.3, 0.4) is 0 Å². The molecule has 2 aromatic rings. The monoisotopic (exact) mass is 454 g/mol. The van der Waals surface area contributed by atoms with Gasteiger partial charge in [-0.1, -0.05) is 84.5 Å². The van der Waals surface area contributed by atoms with E-state index in [0.29, 0.717) is 18.0 Å². The Hall–Kier alpha value is -2.43. The molecule has 0 aliphatic heterocycles. The fourth-order valence-electron chi connectivity index (χ4n) is 3.70. The van der Waals surface area contributed by atoms with Crippen molar-refractivity contribution < 1.29 is 14.3 Å². The van der Waals surface area contributed by atoms with Gasteiger partial charge < -0.3 is 9.47 Å². The summed E-state index contributed by atoms with van der Waals surface area (Å²) in [5, 5.41) is 0. The molecule has 0 fully saturated rings. The number of ether oxygens (including phenoxy) is 2. The fraction of sp³-hybridized carbons (Fsp3) is 0.607. The molecule has 0 amide bonds. The van der Waals surface area contributed by atoms with Gasteiger partial charge in [0.2, 0.25) is 0 Å². The standard InChI is InChI=1S/C28H42N2O3/c1-3-5-7-9-10-11-12-14-16-27(31)33-26-22-29-28(30-23-26)24-17-19-25(20-18-24)32-21-15-13-8-6-4-2/h17-20,22-23H,3-16,21H2,1-2H3. The minimum atomic E-state index is -0.214. The van der Waals surface area contributed by atoms with Crippen molar-refractivity contribution in [3.63, 3.8) is 0 Å². The summed E-state index contributed by atoms with van der Waals surface area (Å²) in [5.74, 6) is 1.64. The van der Waals surface area contributed by atoms with E-state index in [2.05, 4.69) is 23.8 Å². The van der Waals surface area contributed by atoms with E-state index in [4.69, 9.17) is 9.47 Å². The van der Waals surface area contributed by atoms with Gasteiger partial charge in [0.05, 0.1) is 19.0 Å². The third kappa shape index (κ3) is 11.8. The molecule has 5 nitrogen and oxygen atoms in total. The molecule has 182 valence electrons. The molecule has 1 aromatic heterocycles. The van der Waals surface area contributed by atoms with Crippen LogP contribution in [0.4, 0.5) is 0 Å². The molecule has 1 aromatic carbocycles. The first kappa shape index (κ1) is 26.8. The molecule has 5 heteroatoms. The third-order valence-corrected chi connectivity index (χ3v) is 5.72. The average molecular weight is 455 g/mol. The van der Waals surface area contributed by atoms with E-state index >= 15 is 0 Å². The van der Waals surface area contributed by atoms with E-state index in [1.165, 1.54) is 64.2 Å². The number of hydrogen-bond donors (Lipinski definition) is 0. The zero-order chi connectivity index (χ0) is 23.6. The van der Waals surface area contributed by atoms with Crippen molar-refractivity contribution in [3.05, 3.63) is 36.7 Å². The van der Waals surface area contributed by atoms with Crippen molar-refractivity contribution in [2.75, 3.05) is 6.61 Å². The van der Waals surface area contributed by atoms with Crippen molar-refractivity contribution in [3.8, 4) is 22.9 Å². The number of carbonyl (C=O) groups is 1. The molecule has 0 aliphatic rings. The largest absolute Gasteiger partial charge is 0.494 e. The van der Waals surface area contributed by atoms with E-state index < -0.39 is 0 Å². The molecule has 0 radical (unpaired) electrons. The van der Waals surface area contributed by atoms with Crippen LogP contribution in [0.15, 0.2) is 36.7 Å². The Bertz CT molecular complexity index is 760. The highest BCUT2D eigenvalue weighted by molar-refractivity contribution is 5.72. The van der Waals surface area contributed by atoms with Crippen molar-refractivity contribution in [1.29, 1.82) is 0 Å². The molecule has 0 bridgehead atoms. The Morgan fingerprint density at radius 1 is 0.697 bits per heavy atom. The lowest BCUT2D eigenvalue weighted by Crippen LogP contribution is -2.08. The van der Waals surface area contributed by atoms with Crippen LogP contribution in [0.2, 0.25) is 0 Å². The average Bonchev–Trinajstić information content (AvgIpc) is 2.84. The van der Waals surface area contributed by atoms with Crippen molar-refractivity contribution in [2.45, 2.75) is 104 Å².